The predicted molar refractivity (Wildman–Crippen MR) is 57.4 cm³/mol. The van der Waals surface area contributed by atoms with Gasteiger partial charge in [0.05, 0.1) is 12.1 Å². The lowest BCUT2D eigenvalue weighted by atomic mass is 9.68. The van der Waals surface area contributed by atoms with E-state index < -0.39 is 0 Å². The fourth-order valence-electron chi connectivity index (χ4n) is 3.64. The van der Waals surface area contributed by atoms with Crippen molar-refractivity contribution in [2.45, 2.75) is 24.9 Å². The van der Waals surface area contributed by atoms with E-state index in [1.807, 2.05) is 0 Å². The first-order chi connectivity index (χ1) is 7.70. The molecule has 0 N–H and O–H groups in total. The molecule has 1 aromatic heterocycles. The minimum Gasteiger partial charge on any atom is -0.246 e. The maximum Gasteiger partial charge on any atom is 0.347 e. The summed E-state index contributed by atoms with van der Waals surface area (Å²) < 4.78 is 4.54. The van der Waals surface area contributed by atoms with Crippen molar-refractivity contribution in [3.63, 3.8) is 0 Å². The SMILES string of the molecule is Cn1c(=O)n2n(c1=O)[C@H]1[C@@H]2[C@H]2C=C[C@@H]1CC2. The lowest BCUT2D eigenvalue weighted by molar-refractivity contribution is 0.00635. The van der Waals surface area contributed by atoms with Gasteiger partial charge in [0.15, 0.2) is 0 Å². The molecule has 0 radical (unpaired) electrons. The minimum atomic E-state index is -0.160. The third-order valence-corrected chi connectivity index (χ3v) is 4.43. The van der Waals surface area contributed by atoms with E-state index in [-0.39, 0.29) is 23.5 Å². The van der Waals surface area contributed by atoms with Gasteiger partial charge in [0, 0.05) is 18.9 Å². The van der Waals surface area contributed by atoms with Crippen molar-refractivity contribution in [3.05, 3.63) is 33.1 Å². The van der Waals surface area contributed by atoms with Crippen molar-refractivity contribution < 1.29 is 0 Å². The van der Waals surface area contributed by atoms with Gasteiger partial charge in [-0.3, -0.25) is 0 Å². The van der Waals surface area contributed by atoms with Crippen molar-refractivity contribution in [1.82, 2.24) is 13.9 Å². The molecule has 0 spiro atoms. The van der Waals surface area contributed by atoms with Crippen LogP contribution in [0.3, 0.4) is 0 Å². The lowest BCUT2D eigenvalue weighted by Gasteiger charge is -2.52. The average Bonchev–Trinajstić information content (AvgIpc) is 2.44. The highest BCUT2D eigenvalue weighted by molar-refractivity contribution is 5.17. The summed E-state index contributed by atoms with van der Waals surface area (Å²) in [5.74, 6) is 0.906. The first kappa shape index (κ1) is 8.61. The Morgan fingerprint density at radius 2 is 1.44 bits per heavy atom. The molecular weight excluding hydrogens is 206 g/mol. The summed E-state index contributed by atoms with van der Waals surface area (Å²) in [5.41, 5.74) is -0.320. The van der Waals surface area contributed by atoms with Gasteiger partial charge in [0.25, 0.3) is 0 Å². The highest BCUT2D eigenvalue weighted by Gasteiger charge is 2.52. The van der Waals surface area contributed by atoms with Crippen LogP contribution in [0.1, 0.15) is 24.9 Å². The Hall–Kier alpha value is -1.52. The van der Waals surface area contributed by atoms with E-state index in [0.29, 0.717) is 11.8 Å². The van der Waals surface area contributed by atoms with Crippen molar-refractivity contribution in [3.8, 4) is 0 Å². The van der Waals surface area contributed by atoms with Crippen LogP contribution in [0.4, 0.5) is 0 Å². The molecule has 2 heterocycles. The number of hydrogen-bond acceptors (Lipinski definition) is 2. The Balaban J connectivity index is 2.02. The Kier molecular flexibility index (Phi) is 1.30. The number of allylic oxidation sites excluding steroid dienone is 2. The van der Waals surface area contributed by atoms with Crippen LogP contribution in [0.25, 0.3) is 0 Å². The number of fused-ring (bicyclic) bond motifs is 2. The van der Waals surface area contributed by atoms with Crippen molar-refractivity contribution in [2.75, 3.05) is 0 Å². The van der Waals surface area contributed by atoms with Gasteiger partial charge in [-0.1, -0.05) is 12.2 Å². The van der Waals surface area contributed by atoms with Gasteiger partial charge in [-0.05, 0) is 12.8 Å². The number of nitrogens with zero attached hydrogens (tertiary/aromatic N) is 3. The van der Waals surface area contributed by atoms with Crippen LogP contribution < -0.4 is 11.4 Å². The summed E-state index contributed by atoms with van der Waals surface area (Å²) in [7, 11) is 1.56. The molecule has 5 heteroatoms. The van der Waals surface area contributed by atoms with Crippen LogP contribution in [0, 0.1) is 11.8 Å². The van der Waals surface area contributed by atoms with E-state index in [0.717, 1.165) is 12.8 Å². The van der Waals surface area contributed by atoms with Crippen LogP contribution in [-0.4, -0.2) is 13.9 Å². The van der Waals surface area contributed by atoms with Gasteiger partial charge in [0.2, 0.25) is 0 Å². The van der Waals surface area contributed by atoms with Crippen molar-refractivity contribution >= 4 is 0 Å². The molecule has 3 aliphatic carbocycles. The highest BCUT2D eigenvalue weighted by Crippen LogP contribution is 2.53. The van der Waals surface area contributed by atoms with E-state index >= 15 is 0 Å². The van der Waals surface area contributed by atoms with Crippen LogP contribution >= 0.6 is 0 Å². The molecule has 5 nitrogen and oxygen atoms in total. The van der Waals surface area contributed by atoms with Crippen LogP contribution in [0.15, 0.2) is 21.7 Å². The summed E-state index contributed by atoms with van der Waals surface area (Å²) in [5, 5.41) is 0. The van der Waals surface area contributed by atoms with Gasteiger partial charge in [-0.15, -0.1) is 0 Å². The average molecular weight is 219 g/mol. The molecule has 4 aliphatic rings. The summed E-state index contributed by atoms with van der Waals surface area (Å²) in [6, 6.07) is 0.482. The van der Waals surface area contributed by atoms with Gasteiger partial charge in [0.1, 0.15) is 0 Å². The second kappa shape index (κ2) is 2.42. The molecule has 0 aromatic carbocycles. The Morgan fingerprint density at radius 3 is 1.81 bits per heavy atom. The van der Waals surface area contributed by atoms with E-state index in [1.165, 1.54) is 4.57 Å². The maximum absolute atomic E-state index is 11.9. The molecule has 1 fully saturated rings. The van der Waals surface area contributed by atoms with Crippen molar-refractivity contribution in [1.29, 1.82) is 0 Å². The Labute approximate surface area is 91.6 Å². The molecule has 0 saturated heterocycles. The van der Waals surface area contributed by atoms with Gasteiger partial charge >= 0.3 is 11.4 Å². The topological polar surface area (TPSA) is 48.9 Å². The molecule has 2 bridgehead atoms. The van der Waals surface area contributed by atoms with E-state index in [9.17, 15) is 9.59 Å². The number of hydrogen-bond donors (Lipinski definition) is 0. The number of aromatic nitrogens is 3. The van der Waals surface area contributed by atoms with Gasteiger partial charge < -0.3 is 0 Å². The lowest BCUT2D eigenvalue weighted by Crippen LogP contribution is -2.56. The Bertz CT molecular complexity index is 567. The van der Waals surface area contributed by atoms with Gasteiger partial charge in [-0.2, -0.15) is 0 Å². The summed E-state index contributed by atoms with van der Waals surface area (Å²) in [6.07, 6.45) is 6.75. The van der Waals surface area contributed by atoms with Crippen molar-refractivity contribution in [2.24, 2.45) is 18.9 Å². The molecule has 0 unspecified atom stereocenters. The standard InChI is InChI=1S/C11H13N3O2/c1-12-10(15)13-8-6-2-3-7(5-4-6)9(8)14(13)11(12)16/h2-3,6-9H,4-5H2,1H3/t6-,7+,8-,9+. The molecule has 1 aromatic rings. The maximum atomic E-state index is 11.9. The highest BCUT2D eigenvalue weighted by atomic mass is 16.2. The quantitative estimate of drug-likeness (QED) is 0.578. The van der Waals surface area contributed by atoms with E-state index in [2.05, 4.69) is 12.2 Å². The van der Waals surface area contributed by atoms with Crippen LogP contribution in [0.2, 0.25) is 0 Å². The second-order valence-electron chi connectivity index (χ2n) is 5.08. The third kappa shape index (κ3) is 0.700. The smallest absolute Gasteiger partial charge is 0.246 e. The minimum absolute atomic E-state index is 0.160. The fraction of sp³-hybridized carbons (Fsp3) is 0.636. The second-order valence-corrected chi connectivity index (χ2v) is 5.08. The third-order valence-electron chi connectivity index (χ3n) is 4.43. The Morgan fingerprint density at radius 1 is 1.00 bits per heavy atom. The largest absolute Gasteiger partial charge is 0.347 e. The zero-order chi connectivity index (χ0) is 11.0. The van der Waals surface area contributed by atoms with Gasteiger partial charge in [-0.25, -0.2) is 23.5 Å². The first-order valence-electron chi connectivity index (χ1n) is 5.78. The first-order valence-corrected chi connectivity index (χ1v) is 5.78. The van der Waals surface area contributed by atoms with E-state index in [4.69, 9.17) is 0 Å². The van der Waals surface area contributed by atoms with Crippen LogP contribution in [-0.2, 0) is 7.05 Å². The molecule has 4 atom stereocenters. The van der Waals surface area contributed by atoms with Crippen LogP contribution in [0.5, 0.6) is 0 Å². The predicted octanol–water partition coefficient (Wildman–Crippen LogP) is 0.0403. The summed E-state index contributed by atoms with van der Waals surface area (Å²) >= 11 is 0. The number of rotatable bonds is 0. The van der Waals surface area contributed by atoms with E-state index in [1.54, 1.807) is 16.4 Å². The zero-order valence-electron chi connectivity index (χ0n) is 9.04. The summed E-state index contributed by atoms with van der Waals surface area (Å²) in [6.45, 7) is 0. The molecule has 0 amide bonds. The molecule has 1 aliphatic heterocycles. The normalized spacial score (nSPS) is 38.1. The molecule has 84 valence electrons. The molecule has 5 rings (SSSR count). The zero-order valence-corrected chi connectivity index (χ0v) is 9.04. The molecule has 16 heavy (non-hydrogen) atoms. The summed E-state index contributed by atoms with van der Waals surface area (Å²) in [4.78, 5) is 23.7. The monoisotopic (exact) mass is 219 g/mol. The molecular formula is C11H13N3O2. The fourth-order valence-corrected chi connectivity index (χ4v) is 3.64. The molecule has 1 saturated carbocycles.